The fourth-order valence-corrected chi connectivity index (χ4v) is 4.43. The van der Waals surface area contributed by atoms with Crippen molar-refractivity contribution >= 4 is 0 Å². The Morgan fingerprint density at radius 2 is 0.455 bits per heavy atom. The van der Waals surface area contributed by atoms with Crippen molar-refractivity contribution in [2.45, 2.75) is 0 Å². The predicted molar refractivity (Wildman–Crippen MR) is 197 cm³/mol. The summed E-state index contributed by atoms with van der Waals surface area (Å²) in [6.07, 6.45) is 10.6. The Kier molecular flexibility index (Phi) is 16.7. The number of rotatable bonds is 3. The van der Waals surface area contributed by atoms with Crippen LogP contribution in [-0.4, -0.2) is 29.9 Å². The Hall–Kier alpha value is -8.43. The summed E-state index contributed by atoms with van der Waals surface area (Å²) >= 11 is 0. The van der Waals surface area contributed by atoms with E-state index in [0.29, 0.717) is 0 Å². The van der Waals surface area contributed by atoms with E-state index in [4.69, 9.17) is 31.6 Å². The first-order valence-electron chi connectivity index (χ1n) is 15.7. The average molecular weight is 756 g/mol. The van der Waals surface area contributed by atoms with E-state index in [1.807, 2.05) is 109 Å². The van der Waals surface area contributed by atoms with Crippen molar-refractivity contribution in [1.82, 2.24) is 29.9 Å². The first-order valence-corrected chi connectivity index (χ1v) is 15.7. The van der Waals surface area contributed by atoms with Crippen LogP contribution >= 0.6 is 0 Å². The third-order valence-corrected chi connectivity index (χ3v) is 6.88. The van der Waals surface area contributed by atoms with Gasteiger partial charge in [-0.3, -0.25) is 29.9 Å². The molecule has 0 aromatic carbocycles. The van der Waals surface area contributed by atoms with Gasteiger partial charge in [-0.25, -0.2) is 0 Å². The van der Waals surface area contributed by atoms with Crippen LogP contribution in [0.3, 0.4) is 0 Å². The molecule has 0 aliphatic heterocycles. The van der Waals surface area contributed by atoms with Crippen LogP contribution in [0.15, 0.2) is 180 Å². The first-order chi connectivity index (χ1) is 26.6. The molecule has 1 aliphatic rings. The average Bonchev–Trinajstić information content (AvgIpc) is 3.98. The van der Waals surface area contributed by atoms with Crippen LogP contribution in [-0.2, 0) is 16.8 Å². The molecule has 0 amide bonds. The van der Waals surface area contributed by atoms with Crippen molar-refractivity contribution in [3.8, 4) is 70.6 Å². The van der Waals surface area contributed by atoms with Crippen LogP contribution in [0.1, 0.15) is 0 Å². The third kappa shape index (κ3) is 11.8. The standard InChI is InChI=1S/C12N6.3C10H8N2.Co/c13-1-7(2-14)10-11(8(3-15)4-16)12(10)9(5-17)6-18;3*1-3-7-11-9(5-1)10-6-2-4-8-12-10;/h;3*1-8H;. The molecule has 0 spiro atoms. The number of pyridine rings is 6. The molecule has 6 aromatic rings. The van der Waals surface area contributed by atoms with Gasteiger partial charge in [0.2, 0.25) is 0 Å². The number of aromatic nitrogens is 6. The molecule has 55 heavy (non-hydrogen) atoms. The predicted octanol–water partition coefficient (Wildman–Crippen LogP) is 7.46. The third-order valence-electron chi connectivity index (χ3n) is 6.88. The van der Waals surface area contributed by atoms with Gasteiger partial charge >= 0.3 is 0 Å². The van der Waals surface area contributed by atoms with E-state index in [1.54, 1.807) is 73.6 Å². The van der Waals surface area contributed by atoms with E-state index in [2.05, 4.69) is 29.9 Å². The summed E-state index contributed by atoms with van der Waals surface area (Å²) in [7, 11) is 0. The zero-order valence-corrected chi connectivity index (χ0v) is 29.6. The maximum atomic E-state index is 8.72. The number of nitrogens with zero attached hydrogens (tertiary/aromatic N) is 12. The summed E-state index contributed by atoms with van der Waals surface area (Å²) in [6.45, 7) is 0. The van der Waals surface area contributed by atoms with Crippen LogP contribution in [0.5, 0.6) is 0 Å². The van der Waals surface area contributed by atoms with Crippen LogP contribution < -0.4 is 0 Å². The van der Waals surface area contributed by atoms with Gasteiger partial charge in [0.1, 0.15) is 53.1 Å². The maximum absolute atomic E-state index is 8.72. The maximum Gasteiger partial charge on any atom is 0.138 e. The zero-order valence-electron chi connectivity index (χ0n) is 28.6. The molecule has 6 aromatic heterocycles. The SMILES string of the molecule is N#CC(C#N)=C1C(=C(C#N)C#N)C1=C(C#N)C#N.[Co].c1ccc(-c2ccccn2)nc1.c1ccc(-c2ccccn2)nc1.c1ccc(-c2ccccn2)nc1. The Morgan fingerprint density at radius 3 is 0.564 bits per heavy atom. The summed E-state index contributed by atoms with van der Waals surface area (Å²) in [4.78, 5) is 25.1. The van der Waals surface area contributed by atoms with Gasteiger partial charge in [0, 0.05) is 70.7 Å². The van der Waals surface area contributed by atoms with Gasteiger partial charge in [0.15, 0.2) is 0 Å². The Labute approximate surface area is 327 Å². The van der Waals surface area contributed by atoms with Crippen LogP contribution in [0.2, 0.25) is 0 Å². The molecule has 0 saturated heterocycles. The van der Waals surface area contributed by atoms with Gasteiger partial charge in [0.05, 0.1) is 34.2 Å². The fourth-order valence-electron chi connectivity index (χ4n) is 4.43. The normalized spacial score (nSPS) is 9.82. The molecule has 13 heteroatoms. The van der Waals surface area contributed by atoms with Gasteiger partial charge in [0.25, 0.3) is 0 Å². The minimum absolute atomic E-state index is 0. The van der Waals surface area contributed by atoms with Gasteiger partial charge in [-0.1, -0.05) is 36.4 Å². The molecule has 1 fully saturated rings. The van der Waals surface area contributed by atoms with Gasteiger partial charge < -0.3 is 0 Å². The van der Waals surface area contributed by atoms with Crippen molar-refractivity contribution in [3.05, 3.63) is 180 Å². The van der Waals surface area contributed by atoms with Crippen molar-refractivity contribution in [3.63, 3.8) is 0 Å². The summed E-state index contributed by atoms with van der Waals surface area (Å²) < 4.78 is 0. The minimum Gasteiger partial charge on any atom is -0.255 e. The van der Waals surface area contributed by atoms with Crippen molar-refractivity contribution in [2.24, 2.45) is 0 Å². The van der Waals surface area contributed by atoms with Crippen molar-refractivity contribution < 1.29 is 16.8 Å². The van der Waals surface area contributed by atoms with Gasteiger partial charge in [-0.15, -0.1) is 0 Å². The van der Waals surface area contributed by atoms with Crippen LogP contribution in [0.4, 0.5) is 0 Å². The second-order valence-corrected chi connectivity index (χ2v) is 10.2. The molecule has 1 aliphatic carbocycles. The molecular weight excluding hydrogens is 731 g/mol. The second kappa shape index (κ2) is 22.4. The molecule has 7 rings (SSSR count). The minimum atomic E-state index is -0.328. The molecular formula is C42H24CoN12. The Bertz CT molecular complexity index is 2060. The largest absolute Gasteiger partial charge is 0.255 e. The molecule has 1 radical (unpaired) electrons. The summed E-state index contributed by atoms with van der Waals surface area (Å²) in [5, 5.41) is 52.3. The molecule has 0 atom stereocenters. The van der Waals surface area contributed by atoms with Crippen LogP contribution in [0, 0.1) is 68.0 Å². The molecule has 261 valence electrons. The molecule has 12 nitrogen and oxygen atoms in total. The number of nitriles is 6. The quantitative estimate of drug-likeness (QED) is 0.161. The topological polar surface area (TPSA) is 220 Å². The van der Waals surface area contributed by atoms with Crippen molar-refractivity contribution in [2.75, 3.05) is 0 Å². The van der Waals surface area contributed by atoms with E-state index < -0.39 is 0 Å². The number of allylic oxidation sites excluding steroid dienone is 6. The molecule has 1 saturated carbocycles. The van der Waals surface area contributed by atoms with E-state index in [-0.39, 0.29) is 50.2 Å². The van der Waals surface area contributed by atoms with Crippen LogP contribution in [0.25, 0.3) is 34.2 Å². The molecule has 0 bridgehead atoms. The molecule has 0 unspecified atom stereocenters. The number of hydrogen-bond donors (Lipinski definition) is 0. The fraction of sp³-hybridized carbons (Fsp3) is 0. The Balaban J connectivity index is 0.000000199. The summed E-state index contributed by atoms with van der Waals surface area (Å²) in [5.74, 6) is 0. The number of hydrogen-bond acceptors (Lipinski definition) is 12. The van der Waals surface area contributed by atoms with E-state index >= 15 is 0 Å². The summed E-state index contributed by atoms with van der Waals surface area (Å²) in [6, 6.07) is 44.3. The monoisotopic (exact) mass is 755 g/mol. The summed E-state index contributed by atoms with van der Waals surface area (Å²) in [5.41, 5.74) is 4.62. The van der Waals surface area contributed by atoms with Crippen molar-refractivity contribution in [1.29, 1.82) is 31.6 Å². The molecule has 6 heterocycles. The Morgan fingerprint density at radius 1 is 0.291 bits per heavy atom. The van der Waals surface area contributed by atoms with E-state index in [1.165, 1.54) is 0 Å². The zero-order chi connectivity index (χ0) is 38.4. The second-order valence-electron chi connectivity index (χ2n) is 10.2. The smallest absolute Gasteiger partial charge is 0.138 e. The van der Waals surface area contributed by atoms with Gasteiger partial charge in [-0.2, -0.15) is 31.6 Å². The molecule has 0 N–H and O–H groups in total. The van der Waals surface area contributed by atoms with Gasteiger partial charge in [-0.05, 0) is 72.8 Å². The van der Waals surface area contributed by atoms with E-state index in [0.717, 1.165) is 34.2 Å². The van der Waals surface area contributed by atoms with E-state index in [9.17, 15) is 0 Å². The first kappa shape index (κ1) is 41.0.